The lowest BCUT2D eigenvalue weighted by Crippen LogP contribution is -2.36. The number of benzene rings is 1. The Morgan fingerprint density at radius 3 is 2.79 bits per heavy atom. The highest BCUT2D eigenvalue weighted by atomic mass is 16.2. The smallest absolute Gasteiger partial charge is 0.228 e. The summed E-state index contributed by atoms with van der Waals surface area (Å²) in [6.45, 7) is 4.55. The third-order valence-corrected chi connectivity index (χ3v) is 4.96. The molecular formula is C19H22N4O. The van der Waals surface area contributed by atoms with E-state index in [1.807, 2.05) is 30.0 Å². The van der Waals surface area contributed by atoms with E-state index < -0.39 is 0 Å². The van der Waals surface area contributed by atoms with Gasteiger partial charge < -0.3 is 5.32 Å². The standard InChI is InChI=1S/C19H22N4O/c1-13-16-7-8-17(24)23(12-14-5-3-2-4-6-14)19(16)22-18(21-13)15-9-10-20-11-15/h2-6,15,20H,7-12H2,1H3/t15-/m0/s1. The number of hydrogen-bond donors (Lipinski definition) is 1. The van der Waals surface area contributed by atoms with Gasteiger partial charge in [0.2, 0.25) is 5.91 Å². The van der Waals surface area contributed by atoms with E-state index >= 15 is 0 Å². The molecule has 24 heavy (non-hydrogen) atoms. The van der Waals surface area contributed by atoms with Crippen molar-refractivity contribution in [3.63, 3.8) is 0 Å². The molecule has 124 valence electrons. The third kappa shape index (κ3) is 2.80. The highest BCUT2D eigenvalue weighted by Gasteiger charge is 2.30. The molecule has 1 amide bonds. The normalized spacial score (nSPS) is 20.3. The molecule has 5 heteroatoms. The van der Waals surface area contributed by atoms with Gasteiger partial charge in [-0.1, -0.05) is 30.3 Å². The number of nitrogens with zero attached hydrogens (tertiary/aromatic N) is 3. The van der Waals surface area contributed by atoms with E-state index in [0.717, 1.165) is 54.4 Å². The first-order valence-corrected chi connectivity index (χ1v) is 8.65. The summed E-state index contributed by atoms with van der Waals surface area (Å²) < 4.78 is 0. The lowest BCUT2D eigenvalue weighted by atomic mass is 10.0. The van der Waals surface area contributed by atoms with Crippen LogP contribution in [0.15, 0.2) is 30.3 Å². The number of aryl methyl sites for hydroxylation is 1. The van der Waals surface area contributed by atoms with Gasteiger partial charge in [0.25, 0.3) is 0 Å². The summed E-state index contributed by atoms with van der Waals surface area (Å²) >= 11 is 0. The van der Waals surface area contributed by atoms with Gasteiger partial charge in [-0.15, -0.1) is 0 Å². The topological polar surface area (TPSA) is 58.1 Å². The van der Waals surface area contributed by atoms with Crippen molar-refractivity contribution in [1.29, 1.82) is 0 Å². The van der Waals surface area contributed by atoms with Crippen LogP contribution in [0, 0.1) is 6.92 Å². The monoisotopic (exact) mass is 322 g/mol. The first-order valence-electron chi connectivity index (χ1n) is 8.65. The van der Waals surface area contributed by atoms with Crippen molar-refractivity contribution in [2.24, 2.45) is 0 Å². The zero-order valence-corrected chi connectivity index (χ0v) is 14.0. The van der Waals surface area contributed by atoms with Gasteiger partial charge in [-0.25, -0.2) is 9.97 Å². The van der Waals surface area contributed by atoms with E-state index in [4.69, 9.17) is 9.97 Å². The number of carbonyl (C=O) groups is 1. The van der Waals surface area contributed by atoms with E-state index in [9.17, 15) is 4.79 Å². The van der Waals surface area contributed by atoms with Crippen LogP contribution in [-0.2, 0) is 17.8 Å². The van der Waals surface area contributed by atoms with E-state index in [2.05, 4.69) is 17.4 Å². The maximum absolute atomic E-state index is 12.6. The van der Waals surface area contributed by atoms with Crippen LogP contribution in [0.4, 0.5) is 5.82 Å². The second-order valence-electron chi connectivity index (χ2n) is 6.62. The van der Waals surface area contributed by atoms with E-state index in [1.54, 1.807) is 0 Å². The Morgan fingerprint density at radius 1 is 1.21 bits per heavy atom. The SMILES string of the molecule is Cc1nc([C@H]2CCNC2)nc2c1CCC(=O)N2Cc1ccccc1. The van der Waals surface area contributed by atoms with E-state index in [0.29, 0.717) is 18.9 Å². The van der Waals surface area contributed by atoms with E-state index in [-0.39, 0.29) is 5.91 Å². The summed E-state index contributed by atoms with van der Waals surface area (Å²) in [7, 11) is 0. The van der Waals surface area contributed by atoms with Gasteiger partial charge in [0.05, 0.1) is 6.54 Å². The molecule has 5 nitrogen and oxygen atoms in total. The Balaban J connectivity index is 1.73. The van der Waals surface area contributed by atoms with Gasteiger partial charge in [-0.2, -0.15) is 0 Å². The van der Waals surface area contributed by atoms with Gasteiger partial charge in [-0.05, 0) is 31.9 Å². The van der Waals surface area contributed by atoms with Crippen molar-refractivity contribution in [2.75, 3.05) is 18.0 Å². The number of carbonyl (C=O) groups excluding carboxylic acids is 1. The fourth-order valence-corrected chi connectivity index (χ4v) is 3.59. The van der Waals surface area contributed by atoms with Crippen LogP contribution in [0.3, 0.4) is 0 Å². The number of aromatic nitrogens is 2. The fraction of sp³-hybridized carbons (Fsp3) is 0.421. The summed E-state index contributed by atoms with van der Waals surface area (Å²) in [5.41, 5.74) is 3.27. The lowest BCUT2D eigenvalue weighted by Gasteiger charge is -2.30. The molecule has 0 bridgehead atoms. The molecule has 1 fully saturated rings. The van der Waals surface area contributed by atoms with Crippen molar-refractivity contribution >= 4 is 11.7 Å². The Kier molecular flexibility index (Phi) is 4.02. The predicted molar refractivity (Wildman–Crippen MR) is 92.9 cm³/mol. The minimum atomic E-state index is 0.153. The van der Waals surface area contributed by atoms with Crippen LogP contribution in [0.5, 0.6) is 0 Å². The minimum Gasteiger partial charge on any atom is -0.316 e. The minimum absolute atomic E-state index is 0.153. The van der Waals surface area contributed by atoms with Crippen molar-refractivity contribution in [3.8, 4) is 0 Å². The Morgan fingerprint density at radius 2 is 2.04 bits per heavy atom. The molecule has 1 saturated heterocycles. The average Bonchev–Trinajstić information content (AvgIpc) is 3.13. The van der Waals surface area contributed by atoms with Gasteiger partial charge >= 0.3 is 0 Å². The summed E-state index contributed by atoms with van der Waals surface area (Å²) in [6, 6.07) is 10.1. The van der Waals surface area contributed by atoms with Crippen LogP contribution < -0.4 is 10.2 Å². The summed E-state index contributed by atoms with van der Waals surface area (Å²) in [5.74, 6) is 2.21. The zero-order valence-electron chi connectivity index (χ0n) is 14.0. The molecular weight excluding hydrogens is 300 g/mol. The second-order valence-corrected chi connectivity index (χ2v) is 6.62. The summed E-state index contributed by atoms with van der Waals surface area (Å²) in [5, 5.41) is 3.37. The highest BCUT2D eigenvalue weighted by molar-refractivity contribution is 5.95. The second kappa shape index (κ2) is 6.32. The van der Waals surface area contributed by atoms with Crippen molar-refractivity contribution in [1.82, 2.24) is 15.3 Å². The zero-order chi connectivity index (χ0) is 16.5. The molecule has 0 aliphatic carbocycles. The van der Waals surface area contributed by atoms with Crippen molar-refractivity contribution < 1.29 is 4.79 Å². The van der Waals surface area contributed by atoms with Gasteiger partial charge in [0.1, 0.15) is 11.6 Å². The van der Waals surface area contributed by atoms with Crippen molar-refractivity contribution in [3.05, 3.63) is 53.0 Å². The number of fused-ring (bicyclic) bond motifs is 1. The average molecular weight is 322 g/mol. The number of anilines is 1. The van der Waals surface area contributed by atoms with Gasteiger partial charge in [0, 0.05) is 30.1 Å². The first kappa shape index (κ1) is 15.3. The van der Waals surface area contributed by atoms with Crippen LogP contribution in [0.2, 0.25) is 0 Å². The predicted octanol–water partition coefficient (Wildman–Crippen LogP) is 2.34. The van der Waals surface area contributed by atoms with Crippen LogP contribution in [-0.4, -0.2) is 29.0 Å². The Labute approximate surface area is 142 Å². The maximum atomic E-state index is 12.6. The largest absolute Gasteiger partial charge is 0.316 e. The number of nitrogens with one attached hydrogen (secondary N) is 1. The molecule has 0 radical (unpaired) electrons. The first-order chi connectivity index (χ1) is 11.7. The molecule has 2 aromatic rings. The number of hydrogen-bond acceptors (Lipinski definition) is 4. The van der Waals surface area contributed by atoms with Crippen LogP contribution in [0.25, 0.3) is 0 Å². The molecule has 1 N–H and O–H groups in total. The Bertz CT molecular complexity index is 753. The lowest BCUT2D eigenvalue weighted by molar-refractivity contribution is -0.119. The number of rotatable bonds is 3. The molecule has 1 atom stereocenters. The highest BCUT2D eigenvalue weighted by Crippen LogP contribution is 2.31. The van der Waals surface area contributed by atoms with Crippen LogP contribution in [0.1, 0.15) is 41.4 Å². The molecule has 3 heterocycles. The van der Waals surface area contributed by atoms with Gasteiger partial charge in [0.15, 0.2) is 0 Å². The number of amides is 1. The van der Waals surface area contributed by atoms with Gasteiger partial charge in [-0.3, -0.25) is 9.69 Å². The third-order valence-electron chi connectivity index (χ3n) is 4.96. The van der Waals surface area contributed by atoms with Crippen LogP contribution >= 0.6 is 0 Å². The molecule has 0 unspecified atom stereocenters. The quantitative estimate of drug-likeness (QED) is 0.942. The summed E-state index contributed by atoms with van der Waals surface area (Å²) in [6.07, 6.45) is 2.34. The Hall–Kier alpha value is -2.27. The molecule has 0 spiro atoms. The molecule has 1 aromatic carbocycles. The summed E-state index contributed by atoms with van der Waals surface area (Å²) in [4.78, 5) is 24.0. The molecule has 4 rings (SSSR count). The molecule has 1 aromatic heterocycles. The molecule has 2 aliphatic heterocycles. The van der Waals surface area contributed by atoms with E-state index in [1.165, 1.54) is 0 Å². The molecule has 2 aliphatic rings. The van der Waals surface area contributed by atoms with Crippen molar-refractivity contribution in [2.45, 2.75) is 38.6 Å². The molecule has 0 saturated carbocycles. The fourth-order valence-electron chi connectivity index (χ4n) is 3.59. The maximum Gasteiger partial charge on any atom is 0.228 e.